The molecule has 3 aromatic carbocycles. The Balaban J connectivity index is 1.55. The first-order valence-corrected chi connectivity index (χ1v) is 8.78. The van der Waals surface area contributed by atoms with Gasteiger partial charge in [0.15, 0.2) is 0 Å². The van der Waals surface area contributed by atoms with Gasteiger partial charge in [0.1, 0.15) is 0 Å². The van der Waals surface area contributed by atoms with E-state index in [0.717, 1.165) is 33.5 Å². The highest BCUT2D eigenvalue weighted by atomic mass is 32.1. The van der Waals surface area contributed by atoms with E-state index in [2.05, 4.69) is 25.4 Å². The molecule has 0 saturated carbocycles. The van der Waals surface area contributed by atoms with Crippen LogP contribution in [-0.2, 0) is 0 Å². The number of nitrogens with zero attached hydrogens (tertiary/aromatic N) is 5. The first kappa shape index (κ1) is 16.0. The molecule has 0 bridgehead atoms. The molecule has 26 heavy (non-hydrogen) atoms. The van der Waals surface area contributed by atoms with Crippen molar-refractivity contribution in [3.05, 3.63) is 72.2 Å². The minimum Gasteiger partial charge on any atom is -0.398 e. The van der Waals surface area contributed by atoms with Crippen molar-refractivity contribution in [3.8, 4) is 0 Å². The number of nitrogens with two attached hydrogens (primary N) is 1. The Hall–Kier alpha value is -3.45. The summed E-state index contributed by atoms with van der Waals surface area (Å²) in [5, 5.41) is 21.3. The van der Waals surface area contributed by atoms with Crippen molar-refractivity contribution in [2.24, 2.45) is 20.5 Å². The van der Waals surface area contributed by atoms with Gasteiger partial charge in [0.2, 0.25) is 5.13 Å². The fourth-order valence-corrected chi connectivity index (χ4v) is 2.91. The molecule has 0 atom stereocenters. The van der Waals surface area contributed by atoms with Crippen molar-refractivity contribution in [2.45, 2.75) is 0 Å². The Kier molecular flexibility index (Phi) is 4.44. The van der Waals surface area contributed by atoms with Gasteiger partial charge in [-0.25, -0.2) is 4.98 Å². The van der Waals surface area contributed by atoms with Gasteiger partial charge in [-0.15, -0.1) is 26.7 Å². The summed E-state index contributed by atoms with van der Waals surface area (Å²) in [5.74, 6) is 0. The zero-order valence-corrected chi connectivity index (χ0v) is 14.5. The molecule has 4 aromatic rings. The quantitative estimate of drug-likeness (QED) is 0.324. The van der Waals surface area contributed by atoms with Gasteiger partial charge >= 0.3 is 0 Å². The number of hydrogen-bond acceptors (Lipinski definition) is 7. The lowest BCUT2D eigenvalue weighted by atomic mass is 10.1. The predicted octanol–water partition coefficient (Wildman–Crippen LogP) is 6.71. The standard InChI is InChI=1S/C19H14N6S/c20-17-9-10-18(16-4-2-1-3-15(16)17)24-22-13-5-7-14(8-6-13)23-25-19-21-11-12-26-19/h1-12H,20H2. The second-order valence-corrected chi connectivity index (χ2v) is 6.32. The molecular formula is C19H14N6S. The van der Waals surface area contributed by atoms with Gasteiger partial charge < -0.3 is 5.73 Å². The van der Waals surface area contributed by atoms with E-state index in [0.29, 0.717) is 5.13 Å². The van der Waals surface area contributed by atoms with E-state index in [1.807, 2.05) is 66.0 Å². The number of aromatic nitrogens is 1. The Labute approximate surface area is 153 Å². The first-order chi connectivity index (χ1) is 12.8. The van der Waals surface area contributed by atoms with Gasteiger partial charge in [0.25, 0.3) is 0 Å². The van der Waals surface area contributed by atoms with Crippen LogP contribution in [0.3, 0.4) is 0 Å². The molecule has 0 aliphatic carbocycles. The molecule has 2 N–H and O–H groups in total. The van der Waals surface area contributed by atoms with E-state index in [-0.39, 0.29) is 0 Å². The van der Waals surface area contributed by atoms with Gasteiger partial charge in [0.05, 0.1) is 17.1 Å². The molecule has 6 nitrogen and oxygen atoms in total. The Morgan fingerprint density at radius 1 is 0.731 bits per heavy atom. The summed E-state index contributed by atoms with van der Waals surface area (Å²) in [7, 11) is 0. The molecule has 126 valence electrons. The zero-order chi connectivity index (χ0) is 17.8. The van der Waals surface area contributed by atoms with Gasteiger partial charge in [-0.3, -0.25) is 0 Å². The van der Waals surface area contributed by atoms with E-state index in [1.165, 1.54) is 11.3 Å². The first-order valence-electron chi connectivity index (χ1n) is 7.90. The van der Waals surface area contributed by atoms with Crippen molar-refractivity contribution < 1.29 is 0 Å². The number of azo groups is 2. The maximum absolute atomic E-state index is 6.02. The van der Waals surface area contributed by atoms with Crippen LogP contribution in [0.4, 0.5) is 27.9 Å². The van der Waals surface area contributed by atoms with Crippen molar-refractivity contribution in [3.63, 3.8) is 0 Å². The molecule has 0 aliphatic heterocycles. The lowest BCUT2D eigenvalue weighted by Gasteiger charge is -2.04. The largest absolute Gasteiger partial charge is 0.398 e. The summed E-state index contributed by atoms with van der Waals surface area (Å²) < 4.78 is 0. The molecule has 0 fully saturated rings. The fraction of sp³-hybridized carbons (Fsp3) is 0. The zero-order valence-electron chi connectivity index (χ0n) is 13.6. The van der Waals surface area contributed by atoms with Crippen molar-refractivity contribution in [2.75, 3.05) is 5.73 Å². The van der Waals surface area contributed by atoms with Crippen LogP contribution in [0.5, 0.6) is 0 Å². The van der Waals surface area contributed by atoms with Crippen molar-refractivity contribution in [1.82, 2.24) is 4.98 Å². The van der Waals surface area contributed by atoms with E-state index < -0.39 is 0 Å². The Morgan fingerprint density at radius 3 is 2.12 bits per heavy atom. The number of anilines is 1. The van der Waals surface area contributed by atoms with Crippen LogP contribution < -0.4 is 5.73 Å². The molecule has 1 heterocycles. The highest BCUT2D eigenvalue weighted by molar-refractivity contribution is 7.13. The highest BCUT2D eigenvalue weighted by Crippen LogP contribution is 2.31. The van der Waals surface area contributed by atoms with Crippen molar-refractivity contribution >= 4 is 50.0 Å². The molecule has 0 saturated heterocycles. The summed E-state index contributed by atoms with van der Waals surface area (Å²) in [6.07, 6.45) is 1.70. The summed E-state index contributed by atoms with van der Waals surface area (Å²) in [5.41, 5.74) is 9.00. The summed E-state index contributed by atoms with van der Waals surface area (Å²) in [6.45, 7) is 0. The maximum Gasteiger partial charge on any atom is 0.229 e. The molecule has 0 radical (unpaired) electrons. The minimum atomic E-state index is 0.629. The summed E-state index contributed by atoms with van der Waals surface area (Å²) in [4.78, 5) is 4.06. The number of nitrogen functional groups attached to an aromatic ring is 1. The molecule has 0 amide bonds. The minimum absolute atomic E-state index is 0.629. The second kappa shape index (κ2) is 7.20. The molecule has 4 rings (SSSR count). The van der Waals surface area contributed by atoms with Gasteiger partial charge in [-0.2, -0.15) is 5.11 Å². The fourth-order valence-electron chi connectivity index (χ4n) is 2.46. The van der Waals surface area contributed by atoms with Crippen LogP contribution in [0.2, 0.25) is 0 Å². The van der Waals surface area contributed by atoms with Gasteiger partial charge in [0, 0.05) is 28.0 Å². The number of fused-ring (bicyclic) bond motifs is 1. The van der Waals surface area contributed by atoms with Crippen LogP contribution in [0.1, 0.15) is 0 Å². The molecular weight excluding hydrogens is 344 g/mol. The summed E-state index contributed by atoms with van der Waals surface area (Å²) >= 11 is 1.44. The smallest absolute Gasteiger partial charge is 0.229 e. The number of benzene rings is 3. The molecule has 1 aromatic heterocycles. The topological polar surface area (TPSA) is 88.3 Å². The third-order valence-corrected chi connectivity index (χ3v) is 4.38. The number of thiazole rings is 1. The van der Waals surface area contributed by atoms with E-state index in [1.54, 1.807) is 6.20 Å². The van der Waals surface area contributed by atoms with E-state index in [9.17, 15) is 0 Å². The lowest BCUT2D eigenvalue weighted by Crippen LogP contribution is -1.86. The van der Waals surface area contributed by atoms with Gasteiger partial charge in [-0.1, -0.05) is 24.3 Å². The lowest BCUT2D eigenvalue weighted by molar-refractivity contribution is 1.19. The van der Waals surface area contributed by atoms with Crippen LogP contribution in [0.15, 0.2) is 92.7 Å². The molecule has 0 unspecified atom stereocenters. The SMILES string of the molecule is Nc1ccc(N=Nc2ccc(N=Nc3nccs3)cc2)c2ccccc12. The van der Waals surface area contributed by atoms with Crippen molar-refractivity contribution in [1.29, 1.82) is 0 Å². The second-order valence-electron chi connectivity index (χ2n) is 5.45. The molecule has 0 aliphatic rings. The Bertz CT molecular complexity index is 1080. The maximum atomic E-state index is 6.02. The average Bonchev–Trinajstić information content (AvgIpc) is 3.21. The molecule has 0 spiro atoms. The normalized spacial score (nSPS) is 11.7. The van der Waals surface area contributed by atoms with Gasteiger partial charge in [-0.05, 0) is 36.4 Å². The number of rotatable bonds is 4. The molecule has 7 heteroatoms. The predicted molar refractivity (Wildman–Crippen MR) is 105 cm³/mol. The average molecular weight is 358 g/mol. The Morgan fingerprint density at radius 2 is 1.42 bits per heavy atom. The van der Waals surface area contributed by atoms with Crippen LogP contribution in [0.25, 0.3) is 10.8 Å². The summed E-state index contributed by atoms with van der Waals surface area (Å²) in [6, 6.07) is 19.0. The third kappa shape index (κ3) is 3.47. The van der Waals surface area contributed by atoms with Crippen LogP contribution >= 0.6 is 11.3 Å². The highest BCUT2D eigenvalue weighted by Gasteiger charge is 2.02. The van der Waals surface area contributed by atoms with Crippen LogP contribution in [-0.4, -0.2) is 4.98 Å². The number of hydrogen-bond donors (Lipinski definition) is 1. The van der Waals surface area contributed by atoms with Crippen LogP contribution in [0, 0.1) is 0 Å². The third-order valence-electron chi connectivity index (χ3n) is 3.73. The van der Waals surface area contributed by atoms with E-state index >= 15 is 0 Å². The van der Waals surface area contributed by atoms with E-state index in [4.69, 9.17) is 5.73 Å². The monoisotopic (exact) mass is 358 g/mol.